The van der Waals surface area contributed by atoms with Crippen LogP contribution in [0.2, 0.25) is 0 Å². The lowest BCUT2D eigenvalue weighted by Crippen LogP contribution is -2.35. The maximum absolute atomic E-state index is 13.5. The lowest BCUT2D eigenvalue weighted by molar-refractivity contribution is -0.286. The van der Waals surface area contributed by atoms with E-state index in [0.717, 1.165) is 16.6 Å². The first-order valence-electron chi connectivity index (χ1n) is 14.5. The second kappa shape index (κ2) is 10.5. The first kappa shape index (κ1) is 31.0. The van der Waals surface area contributed by atoms with Gasteiger partial charge in [-0.2, -0.15) is 0 Å². The molecule has 6 rings (SSSR count). The highest BCUT2D eigenvalue weighted by atomic mass is 32.2. The van der Waals surface area contributed by atoms with E-state index in [-0.39, 0.29) is 45.2 Å². The van der Waals surface area contributed by atoms with Crippen LogP contribution in [0.5, 0.6) is 11.5 Å². The molecular weight excluding hydrogens is 608 g/mol. The highest BCUT2D eigenvalue weighted by Gasteiger charge is 2.52. The number of nitrogens with zero attached hydrogens (tertiary/aromatic N) is 3. The molecule has 1 atom stereocenters. The summed E-state index contributed by atoms with van der Waals surface area (Å²) < 4.78 is 67.6. The van der Waals surface area contributed by atoms with Gasteiger partial charge in [0, 0.05) is 51.8 Å². The largest absolute Gasteiger partial charge is 0.586 e. The second-order valence-electron chi connectivity index (χ2n) is 12.8. The zero-order valence-corrected chi connectivity index (χ0v) is 26.3. The first-order valence-corrected chi connectivity index (χ1v) is 16.0. The third kappa shape index (κ3) is 5.89. The van der Waals surface area contributed by atoms with Crippen LogP contribution in [0.15, 0.2) is 53.7 Å². The van der Waals surface area contributed by atoms with Gasteiger partial charge in [-0.3, -0.25) is 4.79 Å². The van der Waals surface area contributed by atoms with Crippen molar-refractivity contribution in [3.05, 3.63) is 65.7 Å². The number of carbonyl (C=O) groups is 1. The number of halogens is 2. The van der Waals surface area contributed by atoms with E-state index < -0.39 is 27.8 Å². The van der Waals surface area contributed by atoms with Crippen molar-refractivity contribution in [3.63, 3.8) is 0 Å². The number of anilines is 1. The van der Waals surface area contributed by atoms with Crippen molar-refractivity contribution >= 4 is 32.5 Å². The summed E-state index contributed by atoms with van der Waals surface area (Å²) in [6.45, 7) is 7.72. The number of imidazole rings is 1. The summed E-state index contributed by atoms with van der Waals surface area (Å²) in [5.74, 6) is 0.118. The SMILES string of the molecule is Cc1nc(S(=O)(=O)NC[C@H](O)Cn2c(C(C)(C)C)cc3cc(NC(=O)C4(c5ccc6c(c5)OC(F)(F)O6)CC4)ccc32)cn1C.[HH].[HH].[HH]. The van der Waals surface area contributed by atoms with Gasteiger partial charge in [0.1, 0.15) is 5.82 Å². The van der Waals surface area contributed by atoms with Crippen molar-refractivity contribution in [3.8, 4) is 11.5 Å². The zero-order valence-electron chi connectivity index (χ0n) is 25.5. The highest BCUT2D eigenvalue weighted by molar-refractivity contribution is 7.89. The van der Waals surface area contributed by atoms with Crippen LogP contribution in [-0.2, 0) is 39.2 Å². The van der Waals surface area contributed by atoms with Gasteiger partial charge in [0.2, 0.25) is 5.91 Å². The Bertz CT molecular complexity index is 1920. The van der Waals surface area contributed by atoms with E-state index in [1.807, 2.05) is 43.5 Å². The van der Waals surface area contributed by atoms with Crippen LogP contribution in [0.3, 0.4) is 0 Å². The molecule has 1 amide bonds. The van der Waals surface area contributed by atoms with Crippen molar-refractivity contribution in [2.24, 2.45) is 7.05 Å². The Balaban J connectivity index is 0.00000208. The number of rotatable bonds is 9. The molecule has 11 nitrogen and oxygen atoms in total. The molecule has 1 aliphatic carbocycles. The monoisotopic (exact) mass is 649 g/mol. The molecule has 2 aromatic carbocycles. The third-order valence-electron chi connectivity index (χ3n) is 8.33. The van der Waals surface area contributed by atoms with Crippen molar-refractivity contribution in [1.82, 2.24) is 18.8 Å². The summed E-state index contributed by atoms with van der Waals surface area (Å²) in [5.41, 5.74) is 1.67. The molecule has 45 heavy (non-hydrogen) atoms. The van der Waals surface area contributed by atoms with E-state index in [9.17, 15) is 27.1 Å². The molecule has 14 heteroatoms. The number of aliphatic hydroxyl groups is 1. The fraction of sp³-hybridized carbons (Fsp3) is 0.419. The van der Waals surface area contributed by atoms with Crippen LogP contribution in [0.25, 0.3) is 10.9 Å². The number of fused-ring (bicyclic) bond motifs is 2. The summed E-state index contributed by atoms with van der Waals surface area (Å²) >= 11 is 0. The van der Waals surface area contributed by atoms with Crippen LogP contribution in [0, 0.1) is 6.92 Å². The minimum absolute atomic E-state index is 0. The summed E-state index contributed by atoms with van der Waals surface area (Å²) in [5, 5.41) is 14.6. The molecule has 0 saturated heterocycles. The fourth-order valence-electron chi connectivity index (χ4n) is 5.65. The average molecular weight is 650 g/mol. The molecule has 4 aromatic rings. The predicted molar refractivity (Wildman–Crippen MR) is 168 cm³/mol. The van der Waals surface area contributed by atoms with Gasteiger partial charge in [-0.1, -0.05) is 26.8 Å². The van der Waals surface area contributed by atoms with Crippen molar-refractivity contribution in [2.75, 3.05) is 11.9 Å². The van der Waals surface area contributed by atoms with Gasteiger partial charge < -0.3 is 29.0 Å². The number of nitrogens with one attached hydrogen (secondary N) is 2. The average Bonchev–Trinajstić information content (AvgIpc) is 3.45. The van der Waals surface area contributed by atoms with E-state index in [1.165, 1.54) is 18.3 Å². The fourth-order valence-corrected chi connectivity index (χ4v) is 6.76. The van der Waals surface area contributed by atoms with Gasteiger partial charge in [0.15, 0.2) is 16.5 Å². The van der Waals surface area contributed by atoms with E-state index in [0.29, 0.717) is 29.9 Å². The number of ether oxygens (including phenoxy) is 2. The number of alkyl halides is 2. The number of amides is 1. The minimum atomic E-state index is -3.91. The van der Waals surface area contributed by atoms with E-state index in [4.69, 9.17) is 0 Å². The van der Waals surface area contributed by atoms with E-state index in [1.54, 1.807) is 30.7 Å². The van der Waals surface area contributed by atoms with E-state index >= 15 is 0 Å². The lowest BCUT2D eigenvalue weighted by atomic mass is 9.92. The van der Waals surface area contributed by atoms with Gasteiger partial charge in [0.05, 0.1) is 18.1 Å². The minimum Gasteiger partial charge on any atom is -0.395 e. The summed E-state index contributed by atoms with van der Waals surface area (Å²) in [4.78, 5) is 17.5. The normalized spacial score (nSPS) is 17.4. The Kier molecular flexibility index (Phi) is 7.25. The molecule has 0 radical (unpaired) electrons. The Morgan fingerprint density at radius 1 is 1.13 bits per heavy atom. The van der Waals surface area contributed by atoms with E-state index in [2.05, 4.69) is 24.5 Å². The Morgan fingerprint density at radius 3 is 2.49 bits per heavy atom. The van der Waals surface area contributed by atoms with Crippen LogP contribution in [0.1, 0.15) is 55.0 Å². The molecule has 3 N–H and O–H groups in total. The molecule has 1 fully saturated rings. The molecule has 2 aromatic heterocycles. The van der Waals surface area contributed by atoms with Crippen LogP contribution in [-0.4, -0.2) is 52.5 Å². The van der Waals surface area contributed by atoms with Crippen molar-refractivity contribution in [1.29, 1.82) is 0 Å². The molecule has 1 saturated carbocycles. The third-order valence-corrected chi connectivity index (χ3v) is 9.62. The lowest BCUT2D eigenvalue weighted by Gasteiger charge is -2.24. The Morgan fingerprint density at radius 2 is 1.84 bits per heavy atom. The van der Waals surface area contributed by atoms with Gasteiger partial charge in [0.25, 0.3) is 10.0 Å². The molecule has 246 valence electrons. The van der Waals surface area contributed by atoms with Crippen LogP contribution in [0.4, 0.5) is 14.5 Å². The molecular formula is C31H41F2N5O6S. The number of benzene rings is 2. The standard InChI is InChI=1S/C31H35F2N5O6S.3H2/c1-18-35-27(17-37(18)5)45(41,42)34-15-22(39)16-38-23-8-7-21(12-19(23)13-26(38)29(2,3)4)36-28(40)30(10-11-30)20-6-9-24-25(14-20)44-31(32,33)43-24;;;/h6-9,12-14,17,22,34,39H,10-11,15-16H2,1-5H3,(H,36,40);3*1H/t22-;;;/m0.../s1. The molecule has 3 heterocycles. The van der Waals surface area contributed by atoms with Crippen LogP contribution >= 0.6 is 0 Å². The van der Waals surface area contributed by atoms with Crippen LogP contribution < -0.4 is 19.5 Å². The van der Waals surface area contributed by atoms with Crippen molar-refractivity contribution < 1.29 is 40.9 Å². The molecule has 0 bridgehead atoms. The number of hydrogen-bond acceptors (Lipinski definition) is 7. The zero-order chi connectivity index (χ0) is 32.5. The molecule has 0 unspecified atom stereocenters. The smallest absolute Gasteiger partial charge is 0.395 e. The summed E-state index contributed by atoms with van der Waals surface area (Å²) in [7, 11) is -2.21. The first-order chi connectivity index (χ1) is 21.0. The topological polar surface area (TPSA) is 137 Å². The number of aromatic nitrogens is 3. The quantitative estimate of drug-likeness (QED) is 0.231. The highest BCUT2D eigenvalue weighted by Crippen LogP contribution is 2.52. The van der Waals surface area contributed by atoms with Gasteiger partial charge in [-0.15, -0.1) is 8.78 Å². The Labute approximate surface area is 263 Å². The summed E-state index contributed by atoms with van der Waals surface area (Å²) in [6, 6.07) is 11.9. The molecule has 2 aliphatic rings. The summed E-state index contributed by atoms with van der Waals surface area (Å²) in [6.07, 6.45) is -2.25. The maximum atomic E-state index is 13.5. The van der Waals surface area contributed by atoms with Gasteiger partial charge >= 0.3 is 6.29 Å². The van der Waals surface area contributed by atoms with Gasteiger partial charge in [-0.05, 0) is 61.7 Å². The predicted octanol–water partition coefficient (Wildman–Crippen LogP) is 5.05. The molecule has 1 aliphatic heterocycles. The second-order valence-corrected chi connectivity index (χ2v) is 14.5. The molecule has 0 spiro atoms. The Hall–Kier alpha value is -4.01. The number of sulfonamides is 1. The van der Waals surface area contributed by atoms with Gasteiger partial charge in [-0.25, -0.2) is 18.1 Å². The number of carbonyl (C=O) groups excluding carboxylic acids is 1. The number of aliphatic hydroxyl groups excluding tert-OH is 1. The number of aryl methyl sites for hydroxylation is 2. The van der Waals surface area contributed by atoms with Crippen molar-refractivity contribution in [2.45, 2.75) is 75.3 Å². The number of hydrogen-bond donors (Lipinski definition) is 3. The maximum Gasteiger partial charge on any atom is 0.586 e.